The second-order valence-electron chi connectivity index (χ2n) is 6.12. The summed E-state index contributed by atoms with van der Waals surface area (Å²) in [4.78, 5) is 0. The Morgan fingerprint density at radius 2 is 1.41 bits per heavy atom. The van der Waals surface area contributed by atoms with Gasteiger partial charge in [-0.2, -0.15) is 0 Å². The number of nitrogens with one attached hydrogen (secondary N) is 1. The zero-order chi connectivity index (χ0) is 13.3. The van der Waals surface area contributed by atoms with E-state index in [9.17, 15) is 0 Å². The van der Waals surface area contributed by atoms with E-state index in [0.717, 1.165) is 23.8 Å². The molecular formula is C16H35N. The molecule has 1 aliphatic rings. The summed E-state index contributed by atoms with van der Waals surface area (Å²) in [5, 5.41) is 3.48. The largest absolute Gasteiger partial charge is 0.317 e. The first kappa shape index (κ1) is 17.0. The molecule has 17 heavy (non-hydrogen) atoms. The van der Waals surface area contributed by atoms with E-state index in [0.29, 0.717) is 0 Å². The third-order valence-electron chi connectivity index (χ3n) is 3.83. The fourth-order valence-electron chi connectivity index (χ4n) is 3.10. The van der Waals surface area contributed by atoms with Gasteiger partial charge in [0.25, 0.3) is 0 Å². The summed E-state index contributed by atoms with van der Waals surface area (Å²) in [7, 11) is 2.12. The Morgan fingerprint density at radius 3 is 1.88 bits per heavy atom. The van der Waals surface area contributed by atoms with Gasteiger partial charge in [0.2, 0.25) is 0 Å². The van der Waals surface area contributed by atoms with Crippen LogP contribution in [0.4, 0.5) is 0 Å². The molecule has 1 rings (SSSR count). The van der Waals surface area contributed by atoms with E-state index in [1.54, 1.807) is 0 Å². The minimum atomic E-state index is 0.766. The third kappa shape index (κ3) is 7.81. The zero-order valence-corrected chi connectivity index (χ0v) is 13.1. The van der Waals surface area contributed by atoms with E-state index >= 15 is 0 Å². The molecule has 4 unspecified atom stereocenters. The van der Waals surface area contributed by atoms with Crippen LogP contribution >= 0.6 is 0 Å². The van der Waals surface area contributed by atoms with Crippen molar-refractivity contribution in [2.24, 2.45) is 17.8 Å². The minimum absolute atomic E-state index is 0.766. The Labute approximate surface area is 110 Å². The lowest BCUT2D eigenvalue weighted by Crippen LogP contribution is -2.32. The lowest BCUT2D eigenvalue weighted by atomic mass is 9.78. The molecule has 0 aromatic heterocycles. The van der Waals surface area contributed by atoms with Crippen molar-refractivity contribution >= 4 is 0 Å². The third-order valence-corrected chi connectivity index (χ3v) is 3.83. The van der Waals surface area contributed by atoms with Crippen LogP contribution in [0.15, 0.2) is 0 Å². The van der Waals surface area contributed by atoms with Gasteiger partial charge in [-0.05, 0) is 50.5 Å². The van der Waals surface area contributed by atoms with Crippen LogP contribution in [-0.2, 0) is 0 Å². The highest BCUT2D eigenvalue weighted by Gasteiger charge is 2.23. The monoisotopic (exact) mass is 241 g/mol. The van der Waals surface area contributed by atoms with Gasteiger partial charge in [0, 0.05) is 6.04 Å². The van der Waals surface area contributed by atoms with Crippen LogP contribution in [0.1, 0.15) is 73.1 Å². The van der Waals surface area contributed by atoms with Crippen LogP contribution in [0.5, 0.6) is 0 Å². The maximum absolute atomic E-state index is 3.48. The minimum Gasteiger partial charge on any atom is -0.317 e. The molecule has 0 radical (unpaired) electrons. The average molecular weight is 241 g/mol. The van der Waals surface area contributed by atoms with Crippen LogP contribution in [0.25, 0.3) is 0 Å². The lowest BCUT2D eigenvalue weighted by molar-refractivity contribution is 0.229. The number of rotatable bonds is 2. The van der Waals surface area contributed by atoms with Crippen molar-refractivity contribution in [1.82, 2.24) is 5.32 Å². The predicted molar refractivity (Wildman–Crippen MR) is 79.4 cm³/mol. The Morgan fingerprint density at radius 1 is 0.882 bits per heavy atom. The molecule has 0 heterocycles. The summed E-state index contributed by atoms with van der Waals surface area (Å²) in [5.74, 6) is 2.79. The van der Waals surface area contributed by atoms with Crippen LogP contribution in [-0.4, -0.2) is 13.1 Å². The molecule has 1 heteroatoms. The van der Waals surface area contributed by atoms with E-state index in [-0.39, 0.29) is 0 Å². The van der Waals surface area contributed by atoms with Crippen molar-refractivity contribution in [3.8, 4) is 0 Å². The van der Waals surface area contributed by atoms with E-state index in [4.69, 9.17) is 0 Å². The first-order valence-corrected chi connectivity index (χ1v) is 7.74. The molecular weight excluding hydrogens is 206 g/mol. The maximum Gasteiger partial charge on any atom is 0.00692 e. The first-order valence-electron chi connectivity index (χ1n) is 7.74. The highest BCUT2D eigenvalue weighted by molar-refractivity contribution is 4.78. The molecule has 1 N–H and O–H groups in total. The molecule has 1 saturated carbocycles. The quantitative estimate of drug-likeness (QED) is 0.728. The summed E-state index contributed by atoms with van der Waals surface area (Å²) in [6.07, 6.45) is 8.24. The van der Waals surface area contributed by atoms with Gasteiger partial charge >= 0.3 is 0 Å². The van der Waals surface area contributed by atoms with E-state index in [1.807, 2.05) is 0 Å². The summed E-state index contributed by atoms with van der Waals surface area (Å²) in [6.45, 7) is 11.4. The van der Waals surface area contributed by atoms with Gasteiger partial charge in [0.1, 0.15) is 0 Å². The lowest BCUT2D eigenvalue weighted by Gasteiger charge is -2.31. The average Bonchev–Trinajstić information content (AvgIpc) is 2.25. The smallest absolute Gasteiger partial charge is 0.00692 e. The Bertz CT molecular complexity index is 151. The predicted octanol–water partition coefficient (Wildman–Crippen LogP) is 4.86. The van der Waals surface area contributed by atoms with Gasteiger partial charge in [-0.1, -0.05) is 47.5 Å². The topological polar surface area (TPSA) is 12.0 Å². The van der Waals surface area contributed by atoms with Gasteiger partial charge in [0.15, 0.2) is 0 Å². The second-order valence-corrected chi connectivity index (χ2v) is 6.12. The zero-order valence-electron chi connectivity index (χ0n) is 13.1. The van der Waals surface area contributed by atoms with Crippen molar-refractivity contribution in [3.63, 3.8) is 0 Å². The normalized spacial score (nSPS) is 34.2. The van der Waals surface area contributed by atoms with E-state index in [2.05, 4.69) is 47.0 Å². The summed E-state index contributed by atoms with van der Waals surface area (Å²) < 4.78 is 0. The fourth-order valence-corrected chi connectivity index (χ4v) is 3.10. The molecule has 0 aromatic rings. The number of hydrogen-bond acceptors (Lipinski definition) is 1. The van der Waals surface area contributed by atoms with Crippen LogP contribution in [0, 0.1) is 17.8 Å². The van der Waals surface area contributed by atoms with E-state index in [1.165, 1.54) is 38.5 Å². The summed E-state index contributed by atoms with van der Waals surface area (Å²) in [5.41, 5.74) is 0. The van der Waals surface area contributed by atoms with Crippen LogP contribution in [0.3, 0.4) is 0 Å². The maximum atomic E-state index is 3.48. The number of hydrogen-bond donors (Lipinski definition) is 1. The first-order chi connectivity index (χ1) is 8.07. The van der Waals surface area contributed by atoms with Crippen molar-refractivity contribution in [2.45, 2.75) is 79.2 Å². The Balaban J connectivity index is 0.000000770. The Hall–Kier alpha value is -0.0400. The molecule has 1 fully saturated rings. The molecule has 0 spiro atoms. The molecule has 0 aliphatic heterocycles. The molecule has 1 aliphatic carbocycles. The molecule has 0 bridgehead atoms. The highest BCUT2D eigenvalue weighted by Crippen LogP contribution is 2.31. The van der Waals surface area contributed by atoms with Gasteiger partial charge in [0.05, 0.1) is 0 Å². The Kier molecular flexibility index (Phi) is 9.91. The van der Waals surface area contributed by atoms with Gasteiger partial charge in [-0.3, -0.25) is 0 Å². The second kappa shape index (κ2) is 9.94. The van der Waals surface area contributed by atoms with Gasteiger partial charge < -0.3 is 5.32 Å². The summed E-state index contributed by atoms with van der Waals surface area (Å²) >= 11 is 0. The van der Waals surface area contributed by atoms with Crippen LogP contribution in [0.2, 0.25) is 0 Å². The standard InChI is InChI=1S/C13H27N.C3H8/c1-5-12-7-10(2)6-11(3)8-13(9-12)14-4;1-3-2/h10-14H,5-9H2,1-4H3;3H2,1-2H3. The van der Waals surface area contributed by atoms with Crippen molar-refractivity contribution in [3.05, 3.63) is 0 Å². The van der Waals surface area contributed by atoms with Crippen LogP contribution < -0.4 is 5.32 Å². The van der Waals surface area contributed by atoms with Gasteiger partial charge in [-0.25, -0.2) is 0 Å². The molecule has 104 valence electrons. The molecule has 1 nitrogen and oxygen atoms in total. The van der Waals surface area contributed by atoms with Crippen molar-refractivity contribution in [1.29, 1.82) is 0 Å². The summed E-state index contributed by atoms with van der Waals surface area (Å²) in [6, 6.07) is 0.766. The fraction of sp³-hybridized carbons (Fsp3) is 1.00. The highest BCUT2D eigenvalue weighted by atomic mass is 14.9. The van der Waals surface area contributed by atoms with Crippen molar-refractivity contribution < 1.29 is 0 Å². The van der Waals surface area contributed by atoms with Gasteiger partial charge in [-0.15, -0.1) is 0 Å². The molecule has 0 amide bonds. The van der Waals surface area contributed by atoms with Crippen molar-refractivity contribution in [2.75, 3.05) is 7.05 Å². The van der Waals surface area contributed by atoms with E-state index < -0.39 is 0 Å². The molecule has 0 aromatic carbocycles. The molecule has 4 atom stereocenters. The SMILES string of the molecule is CCC.CCC1CC(C)CC(C)CC(NC)C1. The molecule has 0 saturated heterocycles.